The van der Waals surface area contributed by atoms with E-state index in [1.165, 1.54) is 11.6 Å². The minimum atomic E-state index is -0.489. The molecule has 0 fully saturated rings. The van der Waals surface area contributed by atoms with Gasteiger partial charge in [-0.15, -0.1) is 0 Å². The van der Waals surface area contributed by atoms with Crippen molar-refractivity contribution in [2.24, 2.45) is 0 Å². The van der Waals surface area contributed by atoms with Gasteiger partial charge in [0.2, 0.25) is 5.95 Å². The first-order chi connectivity index (χ1) is 8.36. The second kappa shape index (κ2) is 4.48. The standard InChI is InChI=1S/C15H17FN2/c1-10-17-13(9-14(16)18-10)11-5-7-12(8-6-11)15(2,3)4/h5-9H,1-4H3. The summed E-state index contributed by atoms with van der Waals surface area (Å²) in [6.45, 7) is 8.18. The Labute approximate surface area is 107 Å². The molecular formula is C15H17FN2. The van der Waals surface area contributed by atoms with Crippen LogP contribution in [0.15, 0.2) is 30.3 Å². The van der Waals surface area contributed by atoms with Gasteiger partial charge in [-0.25, -0.2) is 9.97 Å². The van der Waals surface area contributed by atoms with Crippen LogP contribution in [0.25, 0.3) is 11.3 Å². The van der Waals surface area contributed by atoms with E-state index in [1.54, 1.807) is 6.92 Å². The van der Waals surface area contributed by atoms with E-state index in [9.17, 15) is 4.39 Å². The first kappa shape index (κ1) is 12.7. The van der Waals surface area contributed by atoms with Crippen LogP contribution in [0.3, 0.4) is 0 Å². The predicted molar refractivity (Wildman–Crippen MR) is 70.9 cm³/mol. The SMILES string of the molecule is Cc1nc(F)cc(-c2ccc(C(C)(C)C)cc2)n1. The Balaban J connectivity index is 2.40. The molecule has 2 rings (SSSR count). The molecule has 1 aromatic heterocycles. The van der Waals surface area contributed by atoms with Gasteiger partial charge in [-0.05, 0) is 17.9 Å². The van der Waals surface area contributed by atoms with Crippen LogP contribution in [0.2, 0.25) is 0 Å². The summed E-state index contributed by atoms with van der Waals surface area (Å²) in [7, 11) is 0. The quantitative estimate of drug-likeness (QED) is 0.711. The Kier molecular flexibility index (Phi) is 3.16. The number of benzene rings is 1. The Morgan fingerprint density at radius 2 is 1.61 bits per heavy atom. The molecule has 0 N–H and O–H groups in total. The number of aryl methyl sites for hydroxylation is 1. The molecule has 2 nitrogen and oxygen atoms in total. The third-order valence-corrected chi connectivity index (χ3v) is 2.85. The highest BCUT2D eigenvalue weighted by Crippen LogP contribution is 2.25. The van der Waals surface area contributed by atoms with Crippen molar-refractivity contribution in [3.8, 4) is 11.3 Å². The van der Waals surface area contributed by atoms with E-state index in [0.717, 1.165) is 5.56 Å². The van der Waals surface area contributed by atoms with Crippen LogP contribution >= 0.6 is 0 Å². The van der Waals surface area contributed by atoms with Crippen molar-refractivity contribution in [2.75, 3.05) is 0 Å². The summed E-state index contributed by atoms with van der Waals surface area (Å²) in [5.74, 6) is -0.0395. The van der Waals surface area contributed by atoms with E-state index in [0.29, 0.717) is 11.5 Å². The maximum Gasteiger partial charge on any atom is 0.216 e. The summed E-state index contributed by atoms with van der Waals surface area (Å²) in [5.41, 5.74) is 2.90. The molecule has 0 unspecified atom stereocenters. The van der Waals surface area contributed by atoms with Gasteiger partial charge in [-0.3, -0.25) is 0 Å². The van der Waals surface area contributed by atoms with Gasteiger partial charge >= 0.3 is 0 Å². The average molecular weight is 244 g/mol. The van der Waals surface area contributed by atoms with Crippen molar-refractivity contribution in [1.82, 2.24) is 9.97 Å². The van der Waals surface area contributed by atoms with Crippen molar-refractivity contribution >= 4 is 0 Å². The Morgan fingerprint density at radius 1 is 1.00 bits per heavy atom. The number of aromatic nitrogens is 2. The fraction of sp³-hybridized carbons (Fsp3) is 0.333. The van der Waals surface area contributed by atoms with Crippen LogP contribution in [-0.4, -0.2) is 9.97 Å². The number of halogens is 1. The molecular weight excluding hydrogens is 227 g/mol. The zero-order valence-corrected chi connectivity index (χ0v) is 11.2. The first-order valence-electron chi connectivity index (χ1n) is 5.98. The molecule has 0 aliphatic rings. The monoisotopic (exact) mass is 244 g/mol. The molecule has 0 radical (unpaired) electrons. The van der Waals surface area contributed by atoms with Crippen molar-refractivity contribution in [2.45, 2.75) is 33.1 Å². The van der Waals surface area contributed by atoms with Gasteiger partial charge in [0.1, 0.15) is 5.82 Å². The summed E-state index contributed by atoms with van der Waals surface area (Å²) in [5, 5.41) is 0. The largest absolute Gasteiger partial charge is 0.233 e. The molecule has 0 aliphatic heterocycles. The molecule has 1 aromatic carbocycles. The molecule has 0 saturated carbocycles. The number of rotatable bonds is 1. The van der Waals surface area contributed by atoms with Gasteiger partial charge in [0.15, 0.2) is 0 Å². The normalized spacial score (nSPS) is 11.6. The Bertz CT molecular complexity index is 533. The van der Waals surface area contributed by atoms with Crippen LogP contribution in [0.4, 0.5) is 4.39 Å². The van der Waals surface area contributed by atoms with E-state index in [1.807, 2.05) is 12.1 Å². The van der Waals surface area contributed by atoms with Gasteiger partial charge < -0.3 is 0 Å². The minimum Gasteiger partial charge on any atom is -0.233 e. The fourth-order valence-corrected chi connectivity index (χ4v) is 1.82. The second-order valence-electron chi connectivity index (χ2n) is 5.45. The van der Waals surface area contributed by atoms with Crippen LogP contribution in [0, 0.1) is 12.9 Å². The lowest BCUT2D eigenvalue weighted by Crippen LogP contribution is -2.10. The van der Waals surface area contributed by atoms with Crippen molar-refractivity contribution in [3.05, 3.63) is 47.7 Å². The van der Waals surface area contributed by atoms with Crippen molar-refractivity contribution in [3.63, 3.8) is 0 Å². The maximum atomic E-state index is 13.2. The first-order valence-corrected chi connectivity index (χ1v) is 5.98. The van der Waals surface area contributed by atoms with Gasteiger partial charge in [-0.1, -0.05) is 45.0 Å². The lowest BCUT2D eigenvalue weighted by molar-refractivity contribution is 0.575. The number of hydrogen-bond donors (Lipinski definition) is 0. The summed E-state index contributed by atoms with van der Waals surface area (Å²) < 4.78 is 13.2. The Hall–Kier alpha value is -1.77. The van der Waals surface area contributed by atoms with E-state index >= 15 is 0 Å². The smallest absolute Gasteiger partial charge is 0.216 e. The van der Waals surface area contributed by atoms with E-state index < -0.39 is 5.95 Å². The lowest BCUT2D eigenvalue weighted by atomic mass is 9.86. The summed E-state index contributed by atoms with van der Waals surface area (Å²) in [6.07, 6.45) is 0. The lowest BCUT2D eigenvalue weighted by Gasteiger charge is -2.19. The minimum absolute atomic E-state index is 0.116. The molecule has 0 bridgehead atoms. The van der Waals surface area contributed by atoms with Crippen LogP contribution < -0.4 is 0 Å². The van der Waals surface area contributed by atoms with Gasteiger partial charge in [0.25, 0.3) is 0 Å². The van der Waals surface area contributed by atoms with Crippen molar-refractivity contribution < 1.29 is 4.39 Å². The maximum absolute atomic E-state index is 13.2. The molecule has 18 heavy (non-hydrogen) atoms. The van der Waals surface area contributed by atoms with E-state index in [4.69, 9.17) is 0 Å². The highest BCUT2D eigenvalue weighted by molar-refractivity contribution is 5.59. The third-order valence-electron chi connectivity index (χ3n) is 2.85. The predicted octanol–water partition coefficient (Wildman–Crippen LogP) is 3.89. The van der Waals surface area contributed by atoms with Gasteiger partial charge in [0, 0.05) is 11.6 Å². The van der Waals surface area contributed by atoms with Crippen LogP contribution in [0.1, 0.15) is 32.2 Å². The second-order valence-corrected chi connectivity index (χ2v) is 5.45. The molecule has 94 valence electrons. The highest BCUT2D eigenvalue weighted by Gasteiger charge is 2.13. The molecule has 0 saturated heterocycles. The molecule has 2 aromatic rings. The van der Waals surface area contributed by atoms with Crippen LogP contribution in [0.5, 0.6) is 0 Å². The zero-order chi connectivity index (χ0) is 13.3. The zero-order valence-electron chi connectivity index (χ0n) is 11.2. The topological polar surface area (TPSA) is 25.8 Å². The molecule has 0 atom stereocenters. The third kappa shape index (κ3) is 2.73. The highest BCUT2D eigenvalue weighted by atomic mass is 19.1. The van der Waals surface area contributed by atoms with E-state index in [-0.39, 0.29) is 5.41 Å². The summed E-state index contributed by atoms with van der Waals surface area (Å²) in [6, 6.07) is 9.43. The van der Waals surface area contributed by atoms with Gasteiger partial charge in [-0.2, -0.15) is 4.39 Å². The average Bonchev–Trinajstić information content (AvgIpc) is 2.27. The summed E-state index contributed by atoms with van der Waals surface area (Å²) in [4.78, 5) is 7.88. The Morgan fingerprint density at radius 3 is 2.11 bits per heavy atom. The number of nitrogens with zero attached hydrogens (tertiary/aromatic N) is 2. The van der Waals surface area contributed by atoms with Crippen molar-refractivity contribution in [1.29, 1.82) is 0 Å². The van der Waals surface area contributed by atoms with Crippen LogP contribution in [-0.2, 0) is 5.41 Å². The summed E-state index contributed by atoms with van der Waals surface area (Å²) >= 11 is 0. The molecule has 1 heterocycles. The van der Waals surface area contributed by atoms with E-state index in [2.05, 4.69) is 42.9 Å². The molecule has 0 spiro atoms. The molecule has 3 heteroatoms. The fourth-order valence-electron chi connectivity index (χ4n) is 1.82. The number of hydrogen-bond acceptors (Lipinski definition) is 2. The van der Waals surface area contributed by atoms with Gasteiger partial charge in [0.05, 0.1) is 5.69 Å². The molecule has 0 aliphatic carbocycles. The molecule has 0 amide bonds.